The zero-order valence-corrected chi connectivity index (χ0v) is 16.4. The molecule has 2 aromatic rings. The molecule has 2 N–H and O–H groups in total. The average molecular weight is 407 g/mol. The van der Waals surface area contributed by atoms with E-state index in [1.165, 1.54) is 22.0 Å². The molecule has 0 aliphatic carbocycles. The molecule has 0 aromatic heterocycles. The molecule has 1 aliphatic heterocycles. The largest absolute Gasteiger partial charge is 0.351 e. The maximum atomic E-state index is 13.0. The molecule has 150 valence electrons. The normalized spacial score (nSPS) is 16.0. The van der Waals surface area contributed by atoms with E-state index in [0.29, 0.717) is 39.3 Å². The number of sulfonamides is 1. The van der Waals surface area contributed by atoms with E-state index < -0.39 is 15.8 Å². The van der Waals surface area contributed by atoms with Crippen molar-refractivity contribution in [3.05, 3.63) is 66.0 Å². The van der Waals surface area contributed by atoms with Crippen molar-refractivity contribution in [3.8, 4) is 0 Å². The molecule has 8 heteroatoms. The van der Waals surface area contributed by atoms with Gasteiger partial charge < -0.3 is 10.2 Å². The molecule has 2 aromatic carbocycles. The van der Waals surface area contributed by atoms with Gasteiger partial charge in [0, 0.05) is 6.54 Å². The number of quaternary nitrogens is 1. The minimum atomic E-state index is -3.62. The first-order chi connectivity index (χ1) is 13.4. The molecule has 1 aliphatic rings. The van der Waals surface area contributed by atoms with Crippen LogP contribution in [0.4, 0.5) is 4.39 Å². The quantitative estimate of drug-likeness (QED) is 0.684. The monoisotopic (exact) mass is 406 g/mol. The summed E-state index contributed by atoms with van der Waals surface area (Å²) in [6.07, 6.45) is 0.783. The molecule has 1 amide bonds. The third-order valence-electron chi connectivity index (χ3n) is 4.87. The van der Waals surface area contributed by atoms with Gasteiger partial charge in [0.05, 0.1) is 31.1 Å². The van der Waals surface area contributed by atoms with Gasteiger partial charge in [-0.3, -0.25) is 4.79 Å². The fourth-order valence-electron chi connectivity index (χ4n) is 3.26. The smallest absolute Gasteiger partial charge is 0.275 e. The number of benzene rings is 2. The Balaban J connectivity index is 1.43. The summed E-state index contributed by atoms with van der Waals surface area (Å²) in [4.78, 5) is 13.3. The highest BCUT2D eigenvalue weighted by molar-refractivity contribution is 7.89. The van der Waals surface area contributed by atoms with E-state index in [4.69, 9.17) is 0 Å². The van der Waals surface area contributed by atoms with Gasteiger partial charge in [0.1, 0.15) is 5.82 Å². The minimum Gasteiger partial charge on any atom is -0.351 e. The molecular weight excluding hydrogens is 381 g/mol. The molecule has 0 bridgehead atoms. The van der Waals surface area contributed by atoms with E-state index in [1.807, 2.05) is 30.3 Å². The molecule has 6 nitrogen and oxygen atoms in total. The second-order valence-corrected chi connectivity index (χ2v) is 8.81. The third-order valence-corrected chi connectivity index (χ3v) is 6.78. The Hall–Kier alpha value is -2.29. The summed E-state index contributed by atoms with van der Waals surface area (Å²) < 4.78 is 39.7. The number of piperazine rings is 1. The molecule has 0 spiro atoms. The molecule has 0 radical (unpaired) electrons. The highest BCUT2D eigenvalue weighted by atomic mass is 32.2. The zero-order chi connectivity index (χ0) is 20.0. The van der Waals surface area contributed by atoms with Gasteiger partial charge in [0.2, 0.25) is 10.0 Å². The Labute approximate surface area is 165 Å². The summed E-state index contributed by atoms with van der Waals surface area (Å²) in [5.41, 5.74) is 1.18. The van der Waals surface area contributed by atoms with Crippen LogP contribution in [0.25, 0.3) is 0 Å². The Bertz CT molecular complexity index is 881. The predicted octanol–water partition coefficient (Wildman–Crippen LogP) is 0.0738. The van der Waals surface area contributed by atoms with Crippen LogP contribution in [0.2, 0.25) is 0 Å². The number of halogens is 1. The van der Waals surface area contributed by atoms with Crippen LogP contribution < -0.4 is 10.2 Å². The maximum Gasteiger partial charge on any atom is 0.275 e. The lowest BCUT2D eigenvalue weighted by Crippen LogP contribution is -3.15. The highest BCUT2D eigenvalue weighted by Crippen LogP contribution is 2.15. The van der Waals surface area contributed by atoms with E-state index in [2.05, 4.69) is 5.32 Å². The van der Waals surface area contributed by atoms with Gasteiger partial charge in [0.15, 0.2) is 6.54 Å². The fourth-order valence-corrected chi connectivity index (χ4v) is 4.70. The highest BCUT2D eigenvalue weighted by Gasteiger charge is 2.31. The molecule has 1 saturated heterocycles. The molecule has 1 heterocycles. The van der Waals surface area contributed by atoms with Crippen molar-refractivity contribution in [2.75, 3.05) is 39.3 Å². The van der Waals surface area contributed by atoms with E-state index in [9.17, 15) is 17.6 Å². The number of rotatable bonds is 7. The standard InChI is InChI=1S/C20H24FN3O3S/c21-18-6-8-19(9-7-18)28(26,27)24-14-12-23(13-15-24)16-20(25)22-11-10-17-4-2-1-3-5-17/h1-9H,10-16H2,(H,22,25)/p+1. The molecule has 0 atom stereocenters. The van der Waals surface area contributed by atoms with Crippen LogP contribution >= 0.6 is 0 Å². The van der Waals surface area contributed by atoms with Gasteiger partial charge >= 0.3 is 0 Å². The first kappa shape index (κ1) is 20.4. The first-order valence-corrected chi connectivity index (χ1v) is 10.8. The summed E-state index contributed by atoms with van der Waals surface area (Å²) in [6.45, 7) is 2.72. The molecule has 0 saturated carbocycles. The lowest BCUT2D eigenvalue weighted by atomic mass is 10.1. The Kier molecular flexibility index (Phi) is 6.77. The summed E-state index contributed by atoms with van der Waals surface area (Å²) >= 11 is 0. The van der Waals surface area contributed by atoms with Crippen LogP contribution in [-0.4, -0.2) is 57.9 Å². The first-order valence-electron chi connectivity index (χ1n) is 9.35. The maximum absolute atomic E-state index is 13.0. The average Bonchev–Trinajstić information content (AvgIpc) is 2.69. The summed E-state index contributed by atoms with van der Waals surface area (Å²) in [5.74, 6) is -0.493. The van der Waals surface area contributed by atoms with Crippen molar-refractivity contribution >= 4 is 15.9 Å². The topological polar surface area (TPSA) is 70.9 Å². The summed E-state index contributed by atoms with van der Waals surface area (Å²) in [7, 11) is -3.62. The van der Waals surface area contributed by atoms with E-state index in [-0.39, 0.29) is 10.8 Å². The zero-order valence-electron chi connectivity index (χ0n) is 15.6. The van der Waals surface area contributed by atoms with Gasteiger partial charge in [-0.15, -0.1) is 0 Å². The number of hydrogen-bond acceptors (Lipinski definition) is 3. The molecular formula is C20H25FN3O3S+. The van der Waals surface area contributed by atoms with Crippen molar-refractivity contribution < 1.29 is 22.5 Å². The van der Waals surface area contributed by atoms with Crippen LogP contribution in [0.15, 0.2) is 59.5 Å². The van der Waals surface area contributed by atoms with Crippen LogP contribution in [0.3, 0.4) is 0 Å². The van der Waals surface area contributed by atoms with Gasteiger partial charge in [-0.05, 0) is 36.2 Å². The number of amides is 1. The minimum absolute atomic E-state index is 0.0271. The van der Waals surface area contributed by atoms with Crippen LogP contribution in [0.5, 0.6) is 0 Å². The van der Waals surface area contributed by atoms with Crippen LogP contribution in [0, 0.1) is 5.82 Å². The Morgan fingerprint density at radius 3 is 2.32 bits per heavy atom. The van der Waals surface area contributed by atoms with Crippen LogP contribution in [0.1, 0.15) is 5.56 Å². The van der Waals surface area contributed by atoms with E-state index in [1.54, 1.807) is 0 Å². The van der Waals surface area contributed by atoms with Gasteiger partial charge in [-0.25, -0.2) is 12.8 Å². The number of carbonyl (C=O) groups is 1. The SMILES string of the molecule is O=C(C[NH+]1CCN(S(=O)(=O)c2ccc(F)cc2)CC1)NCCc1ccccc1. The van der Waals surface area contributed by atoms with Crippen molar-refractivity contribution in [2.45, 2.75) is 11.3 Å². The number of nitrogens with zero attached hydrogens (tertiary/aromatic N) is 1. The lowest BCUT2D eigenvalue weighted by Gasteiger charge is -2.31. The number of carbonyl (C=O) groups excluding carboxylic acids is 1. The molecule has 0 unspecified atom stereocenters. The summed E-state index contributed by atoms with van der Waals surface area (Å²) in [6, 6.07) is 14.8. The van der Waals surface area contributed by atoms with Crippen LogP contribution in [-0.2, 0) is 21.2 Å². The van der Waals surface area contributed by atoms with Gasteiger partial charge in [-0.2, -0.15) is 4.31 Å². The fraction of sp³-hybridized carbons (Fsp3) is 0.350. The Morgan fingerprint density at radius 1 is 1.04 bits per heavy atom. The molecule has 3 rings (SSSR count). The predicted molar refractivity (Wildman–Crippen MR) is 104 cm³/mol. The van der Waals surface area contributed by atoms with E-state index in [0.717, 1.165) is 23.5 Å². The van der Waals surface area contributed by atoms with Gasteiger partial charge in [0.25, 0.3) is 5.91 Å². The number of nitrogens with one attached hydrogen (secondary N) is 2. The van der Waals surface area contributed by atoms with E-state index >= 15 is 0 Å². The summed E-state index contributed by atoms with van der Waals surface area (Å²) in [5, 5.41) is 2.92. The van der Waals surface area contributed by atoms with Gasteiger partial charge in [-0.1, -0.05) is 30.3 Å². The molecule has 28 heavy (non-hydrogen) atoms. The third kappa shape index (κ3) is 5.37. The Morgan fingerprint density at radius 2 is 1.68 bits per heavy atom. The molecule has 1 fully saturated rings. The van der Waals surface area contributed by atoms with Crippen molar-refractivity contribution in [2.24, 2.45) is 0 Å². The number of hydrogen-bond donors (Lipinski definition) is 2. The second kappa shape index (κ2) is 9.27. The van der Waals surface area contributed by atoms with Crippen molar-refractivity contribution in [1.29, 1.82) is 0 Å². The van der Waals surface area contributed by atoms with Crippen molar-refractivity contribution in [1.82, 2.24) is 9.62 Å². The van der Waals surface area contributed by atoms with Crippen molar-refractivity contribution in [3.63, 3.8) is 0 Å². The lowest BCUT2D eigenvalue weighted by molar-refractivity contribution is -0.895. The second-order valence-electron chi connectivity index (χ2n) is 6.87.